The standard InChI is InChI=1S/C17H10F17I/c18-10(19,7-9(35)6-8-4-2-1-3-5-8)11(20,21)12(22,23)13(24,25)14(26,27)15(28,29)16(30,31)17(32,33)34/h1-5,9H,6-7H2. The zero-order chi connectivity index (χ0) is 28.1. The summed E-state index contributed by atoms with van der Waals surface area (Å²) in [5.74, 6) is -56.0. The van der Waals surface area contributed by atoms with Crippen LogP contribution >= 0.6 is 22.6 Å². The van der Waals surface area contributed by atoms with Crippen LogP contribution in [-0.4, -0.2) is 51.6 Å². The molecule has 0 N–H and O–H groups in total. The number of halogens is 18. The van der Waals surface area contributed by atoms with Gasteiger partial charge in [-0.25, -0.2) is 0 Å². The maximum Gasteiger partial charge on any atom is 0.460 e. The number of benzene rings is 1. The molecule has 0 aliphatic carbocycles. The van der Waals surface area contributed by atoms with Gasteiger partial charge in [0, 0.05) is 10.3 Å². The number of alkyl halides is 18. The Bertz CT molecular complexity index is 859. The van der Waals surface area contributed by atoms with Crippen LogP contribution in [0.15, 0.2) is 30.3 Å². The van der Waals surface area contributed by atoms with Gasteiger partial charge in [0.05, 0.1) is 0 Å². The second kappa shape index (κ2) is 9.25. The van der Waals surface area contributed by atoms with E-state index < -0.39 is 64.4 Å². The summed E-state index contributed by atoms with van der Waals surface area (Å²) in [6.45, 7) is 0. The molecular formula is C17H10F17I. The average molecular weight is 664 g/mol. The van der Waals surface area contributed by atoms with E-state index >= 15 is 0 Å². The molecule has 18 heteroatoms. The molecule has 1 rings (SSSR count). The van der Waals surface area contributed by atoms with Crippen molar-refractivity contribution in [3.8, 4) is 0 Å². The molecule has 0 heterocycles. The summed E-state index contributed by atoms with van der Waals surface area (Å²) in [4.78, 5) is 0. The summed E-state index contributed by atoms with van der Waals surface area (Å²) >= 11 is 0.970. The number of hydrogen-bond donors (Lipinski definition) is 0. The van der Waals surface area contributed by atoms with E-state index in [0.717, 1.165) is 22.6 Å². The largest absolute Gasteiger partial charge is 0.460 e. The molecule has 0 radical (unpaired) electrons. The average Bonchev–Trinajstić information content (AvgIpc) is 2.66. The van der Waals surface area contributed by atoms with Crippen molar-refractivity contribution in [1.82, 2.24) is 0 Å². The molecule has 0 aliphatic heterocycles. The minimum absolute atomic E-state index is 0.128. The van der Waals surface area contributed by atoms with Gasteiger partial charge in [0.1, 0.15) is 0 Å². The molecular weight excluding hydrogens is 654 g/mol. The van der Waals surface area contributed by atoms with Gasteiger partial charge in [-0.2, -0.15) is 74.6 Å². The van der Waals surface area contributed by atoms with E-state index in [0.29, 0.717) is 0 Å². The van der Waals surface area contributed by atoms with Crippen molar-refractivity contribution >= 4 is 22.6 Å². The molecule has 1 atom stereocenters. The third-order valence-corrected chi connectivity index (χ3v) is 5.45. The Kier molecular flexibility index (Phi) is 8.40. The molecule has 0 nitrogen and oxygen atoms in total. The molecule has 0 saturated carbocycles. The van der Waals surface area contributed by atoms with Crippen LogP contribution in [-0.2, 0) is 6.42 Å². The monoisotopic (exact) mass is 664 g/mol. The van der Waals surface area contributed by atoms with E-state index in [1.807, 2.05) is 0 Å². The van der Waals surface area contributed by atoms with Gasteiger partial charge >= 0.3 is 47.6 Å². The summed E-state index contributed by atoms with van der Waals surface area (Å²) < 4.78 is 223. The van der Waals surface area contributed by atoms with Crippen molar-refractivity contribution in [3.63, 3.8) is 0 Å². The maximum absolute atomic E-state index is 14.0. The quantitative estimate of drug-likeness (QED) is 0.134. The van der Waals surface area contributed by atoms with Gasteiger partial charge in [0.2, 0.25) is 0 Å². The van der Waals surface area contributed by atoms with Crippen LogP contribution in [0.3, 0.4) is 0 Å². The van der Waals surface area contributed by atoms with Crippen LogP contribution < -0.4 is 0 Å². The molecule has 1 aromatic carbocycles. The molecule has 0 amide bonds. The van der Waals surface area contributed by atoms with E-state index in [1.165, 1.54) is 30.3 Å². The van der Waals surface area contributed by atoms with Gasteiger partial charge in [-0.05, 0) is 12.0 Å². The lowest BCUT2D eigenvalue weighted by Crippen LogP contribution is -2.74. The Labute approximate surface area is 198 Å². The van der Waals surface area contributed by atoms with E-state index in [2.05, 4.69) is 0 Å². The zero-order valence-electron chi connectivity index (χ0n) is 16.2. The predicted molar refractivity (Wildman–Crippen MR) is 93.3 cm³/mol. The van der Waals surface area contributed by atoms with E-state index in [1.54, 1.807) is 0 Å². The third kappa shape index (κ3) is 5.00. The summed E-state index contributed by atoms with van der Waals surface area (Å²) in [5.41, 5.74) is 0.128. The molecule has 204 valence electrons. The lowest BCUT2D eigenvalue weighted by molar-refractivity contribution is -0.461. The second-order valence-electron chi connectivity index (χ2n) is 7.14. The van der Waals surface area contributed by atoms with Crippen LogP contribution in [0.1, 0.15) is 12.0 Å². The van der Waals surface area contributed by atoms with E-state index in [-0.39, 0.29) is 5.56 Å². The highest BCUT2D eigenvalue weighted by Gasteiger charge is 2.95. The molecule has 1 unspecified atom stereocenters. The van der Waals surface area contributed by atoms with Crippen molar-refractivity contribution in [3.05, 3.63) is 35.9 Å². The zero-order valence-corrected chi connectivity index (χ0v) is 18.3. The Hall–Kier alpha value is -1.24. The van der Waals surface area contributed by atoms with Crippen LogP contribution in [0, 0.1) is 0 Å². The first-order valence-corrected chi connectivity index (χ1v) is 9.86. The normalized spacial score (nSPS) is 16.4. The van der Waals surface area contributed by atoms with Gasteiger partial charge in [-0.3, -0.25) is 0 Å². The topological polar surface area (TPSA) is 0 Å². The van der Waals surface area contributed by atoms with Gasteiger partial charge in [0.25, 0.3) is 0 Å². The SMILES string of the molecule is FC(F)(F)C(F)(F)C(F)(F)C(F)(F)C(F)(F)C(F)(F)C(F)(F)C(F)(F)CC(I)Cc1ccccc1. The minimum Gasteiger partial charge on any atom is -0.200 e. The van der Waals surface area contributed by atoms with Crippen LogP contribution in [0.5, 0.6) is 0 Å². The fraction of sp³-hybridized carbons (Fsp3) is 0.647. The minimum atomic E-state index is -8.60. The highest BCUT2D eigenvalue weighted by molar-refractivity contribution is 14.1. The van der Waals surface area contributed by atoms with Crippen molar-refractivity contribution in [1.29, 1.82) is 0 Å². The van der Waals surface area contributed by atoms with Crippen LogP contribution in [0.25, 0.3) is 0 Å². The van der Waals surface area contributed by atoms with Crippen LogP contribution in [0.4, 0.5) is 74.6 Å². The summed E-state index contributed by atoms with van der Waals surface area (Å²) in [5, 5.41) is 0. The highest BCUT2D eigenvalue weighted by Crippen LogP contribution is 2.64. The van der Waals surface area contributed by atoms with E-state index in [4.69, 9.17) is 0 Å². The fourth-order valence-electron chi connectivity index (χ4n) is 2.54. The van der Waals surface area contributed by atoms with Gasteiger partial charge < -0.3 is 0 Å². The number of hydrogen-bond acceptors (Lipinski definition) is 0. The van der Waals surface area contributed by atoms with Gasteiger partial charge in [-0.15, -0.1) is 0 Å². The number of rotatable bonds is 10. The third-order valence-electron chi connectivity index (χ3n) is 4.56. The maximum atomic E-state index is 14.0. The highest BCUT2D eigenvalue weighted by atomic mass is 127. The predicted octanol–water partition coefficient (Wildman–Crippen LogP) is 8.43. The van der Waals surface area contributed by atoms with Crippen molar-refractivity contribution in [2.75, 3.05) is 0 Å². The van der Waals surface area contributed by atoms with Crippen molar-refractivity contribution < 1.29 is 74.6 Å². The Morgan fingerprint density at radius 1 is 0.514 bits per heavy atom. The molecule has 0 bridgehead atoms. The molecule has 0 fully saturated rings. The first kappa shape index (κ1) is 31.8. The molecule has 35 heavy (non-hydrogen) atoms. The molecule has 0 aliphatic rings. The first-order chi connectivity index (χ1) is 15.2. The summed E-state index contributed by atoms with van der Waals surface area (Å²) in [6.07, 6.45) is -10.8. The Balaban J connectivity index is 3.43. The Morgan fingerprint density at radius 3 is 1.23 bits per heavy atom. The van der Waals surface area contributed by atoms with Crippen molar-refractivity contribution in [2.45, 2.75) is 64.4 Å². The smallest absolute Gasteiger partial charge is 0.200 e. The second-order valence-corrected chi connectivity index (χ2v) is 8.90. The van der Waals surface area contributed by atoms with Crippen LogP contribution in [0.2, 0.25) is 0 Å². The lowest BCUT2D eigenvalue weighted by Gasteiger charge is -2.43. The van der Waals surface area contributed by atoms with Crippen molar-refractivity contribution in [2.24, 2.45) is 0 Å². The lowest BCUT2D eigenvalue weighted by atomic mass is 9.87. The molecule has 1 aromatic rings. The molecule has 0 spiro atoms. The Morgan fingerprint density at radius 2 is 0.857 bits per heavy atom. The summed E-state index contributed by atoms with van der Waals surface area (Å²) in [6, 6.07) is 6.51. The first-order valence-electron chi connectivity index (χ1n) is 8.62. The van der Waals surface area contributed by atoms with E-state index in [9.17, 15) is 74.6 Å². The summed E-state index contributed by atoms with van der Waals surface area (Å²) in [7, 11) is 0. The van der Waals surface area contributed by atoms with Gasteiger partial charge in [0.15, 0.2) is 0 Å². The molecule has 0 saturated heterocycles. The fourth-order valence-corrected chi connectivity index (χ4v) is 3.61. The van der Waals surface area contributed by atoms with Gasteiger partial charge in [-0.1, -0.05) is 52.9 Å². The molecule has 0 aromatic heterocycles.